The summed E-state index contributed by atoms with van der Waals surface area (Å²) in [5, 5.41) is 3.03. The first-order valence-electron chi connectivity index (χ1n) is 4.25. The summed E-state index contributed by atoms with van der Waals surface area (Å²) in [5.41, 5.74) is 7.22. The lowest BCUT2D eigenvalue weighted by molar-refractivity contribution is 0.415. The predicted octanol–water partition coefficient (Wildman–Crippen LogP) is 3.05. The van der Waals surface area contributed by atoms with Gasteiger partial charge in [-0.2, -0.15) is 0 Å². The molecule has 2 rings (SSSR count). The molecule has 1 aromatic heterocycles. The maximum absolute atomic E-state index is 6.10. The second-order valence-electron chi connectivity index (χ2n) is 2.92. The molecule has 0 atom stereocenters. The average Bonchev–Trinajstić information content (AvgIpc) is 2.64. The lowest BCUT2D eigenvalue weighted by atomic mass is 10.2. The zero-order valence-electron chi connectivity index (χ0n) is 8.03. The average molecular weight is 241 g/mol. The van der Waals surface area contributed by atoms with Gasteiger partial charge in [0.15, 0.2) is 5.13 Å². The van der Waals surface area contributed by atoms with Crippen molar-refractivity contribution in [2.45, 2.75) is 0 Å². The van der Waals surface area contributed by atoms with Crippen LogP contribution in [0.15, 0.2) is 23.6 Å². The van der Waals surface area contributed by atoms with Gasteiger partial charge in [-0.15, -0.1) is 11.3 Å². The molecule has 0 fully saturated rings. The first-order valence-corrected chi connectivity index (χ1v) is 5.51. The van der Waals surface area contributed by atoms with Crippen LogP contribution >= 0.6 is 22.9 Å². The number of aromatic nitrogens is 1. The van der Waals surface area contributed by atoms with Gasteiger partial charge >= 0.3 is 0 Å². The van der Waals surface area contributed by atoms with Gasteiger partial charge in [0.25, 0.3) is 0 Å². The molecule has 0 saturated carbocycles. The van der Waals surface area contributed by atoms with E-state index in [-0.39, 0.29) is 0 Å². The molecule has 78 valence electrons. The smallest absolute Gasteiger partial charge is 0.180 e. The minimum atomic E-state index is 0.539. The maximum Gasteiger partial charge on any atom is 0.180 e. The number of methoxy groups -OCH3 is 1. The van der Waals surface area contributed by atoms with E-state index in [9.17, 15) is 0 Å². The second kappa shape index (κ2) is 4.08. The fourth-order valence-corrected chi connectivity index (χ4v) is 2.07. The van der Waals surface area contributed by atoms with Gasteiger partial charge in [-0.1, -0.05) is 11.6 Å². The Balaban J connectivity index is 2.45. The van der Waals surface area contributed by atoms with Crippen LogP contribution in [0.25, 0.3) is 11.3 Å². The van der Waals surface area contributed by atoms with E-state index in [0.29, 0.717) is 10.2 Å². The molecule has 0 saturated heterocycles. The summed E-state index contributed by atoms with van der Waals surface area (Å²) < 4.78 is 5.06. The summed E-state index contributed by atoms with van der Waals surface area (Å²) in [7, 11) is 1.60. The van der Waals surface area contributed by atoms with Crippen LogP contribution in [0.1, 0.15) is 0 Å². The van der Waals surface area contributed by atoms with E-state index in [1.807, 2.05) is 17.5 Å². The number of halogens is 1. The van der Waals surface area contributed by atoms with Crippen molar-refractivity contribution in [2.24, 2.45) is 0 Å². The zero-order chi connectivity index (χ0) is 10.8. The van der Waals surface area contributed by atoms with Gasteiger partial charge in [-0.25, -0.2) is 4.98 Å². The fourth-order valence-electron chi connectivity index (χ4n) is 1.24. The van der Waals surface area contributed by atoms with E-state index in [1.165, 1.54) is 11.3 Å². The summed E-state index contributed by atoms with van der Waals surface area (Å²) >= 11 is 7.49. The molecule has 0 radical (unpaired) electrons. The highest BCUT2D eigenvalue weighted by molar-refractivity contribution is 7.13. The van der Waals surface area contributed by atoms with Crippen LogP contribution in [0.3, 0.4) is 0 Å². The van der Waals surface area contributed by atoms with Crippen LogP contribution < -0.4 is 10.5 Å². The van der Waals surface area contributed by atoms with Gasteiger partial charge < -0.3 is 10.5 Å². The number of nitrogens with two attached hydrogens (primary N) is 1. The Morgan fingerprint density at radius 2 is 2.27 bits per heavy atom. The maximum atomic E-state index is 6.10. The van der Waals surface area contributed by atoms with Crippen LogP contribution in [0.2, 0.25) is 5.02 Å². The summed E-state index contributed by atoms with van der Waals surface area (Å²) in [6, 6.07) is 5.47. The molecule has 1 heterocycles. The van der Waals surface area contributed by atoms with Crippen molar-refractivity contribution >= 4 is 28.1 Å². The molecule has 3 nitrogen and oxygen atoms in total. The molecule has 0 aliphatic carbocycles. The lowest BCUT2D eigenvalue weighted by Crippen LogP contribution is -1.86. The number of nitrogen functional groups attached to an aromatic ring is 1. The monoisotopic (exact) mass is 240 g/mol. The number of nitrogens with zero attached hydrogens (tertiary/aromatic N) is 1. The highest BCUT2D eigenvalue weighted by atomic mass is 35.5. The molecule has 5 heteroatoms. The molecule has 0 bridgehead atoms. The van der Waals surface area contributed by atoms with E-state index in [1.54, 1.807) is 13.2 Å². The number of anilines is 1. The first kappa shape index (κ1) is 10.3. The Labute approximate surface area is 96.5 Å². The number of thiazole rings is 1. The molecule has 2 aromatic rings. The summed E-state index contributed by atoms with van der Waals surface area (Å²) in [6.07, 6.45) is 0. The molecule has 1 aromatic carbocycles. The summed E-state index contributed by atoms with van der Waals surface area (Å²) in [5.74, 6) is 0.729. The van der Waals surface area contributed by atoms with Gasteiger partial charge in [0.1, 0.15) is 5.75 Å². The molecule has 0 aliphatic rings. The van der Waals surface area contributed by atoms with E-state index in [4.69, 9.17) is 22.1 Å². The minimum Gasteiger partial charge on any atom is -0.497 e. The zero-order valence-corrected chi connectivity index (χ0v) is 9.60. The number of benzene rings is 1. The minimum absolute atomic E-state index is 0.539. The summed E-state index contributed by atoms with van der Waals surface area (Å²) in [4.78, 5) is 4.17. The van der Waals surface area contributed by atoms with E-state index in [0.717, 1.165) is 17.0 Å². The largest absolute Gasteiger partial charge is 0.497 e. The Morgan fingerprint density at radius 3 is 2.80 bits per heavy atom. The van der Waals surface area contributed by atoms with Crippen molar-refractivity contribution in [3.05, 3.63) is 28.6 Å². The highest BCUT2D eigenvalue weighted by Gasteiger charge is 2.07. The van der Waals surface area contributed by atoms with Gasteiger partial charge in [0.2, 0.25) is 0 Å². The molecule has 2 N–H and O–H groups in total. The van der Waals surface area contributed by atoms with Crippen LogP contribution in [-0.2, 0) is 0 Å². The van der Waals surface area contributed by atoms with E-state index < -0.39 is 0 Å². The molecular weight excluding hydrogens is 232 g/mol. The standard InChI is InChI=1S/C10H9ClN2OS/c1-14-6-2-3-7(8(11)4-6)9-5-15-10(12)13-9/h2-5H,1H3,(H2,12,13). The molecular formula is C10H9ClN2OS. The van der Waals surface area contributed by atoms with Crippen molar-refractivity contribution in [2.75, 3.05) is 12.8 Å². The number of rotatable bonds is 2. The van der Waals surface area contributed by atoms with Crippen LogP contribution in [0.5, 0.6) is 5.75 Å². The van der Waals surface area contributed by atoms with Gasteiger partial charge in [0.05, 0.1) is 17.8 Å². The molecule has 0 aliphatic heterocycles. The Bertz CT molecular complexity index is 484. The quantitative estimate of drug-likeness (QED) is 0.878. The van der Waals surface area contributed by atoms with Crippen molar-refractivity contribution < 1.29 is 4.74 Å². The van der Waals surface area contributed by atoms with Crippen LogP contribution in [-0.4, -0.2) is 12.1 Å². The van der Waals surface area contributed by atoms with Gasteiger partial charge in [0, 0.05) is 10.9 Å². The Kier molecular flexibility index (Phi) is 2.79. The molecule has 0 unspecified atom stereocenters. The van der Waals surface area contributed by atoms with Crippen LogP contribution in [0, 0.1) is 0 Å². The Hall–Kier alpha value is -1.26. The first-order chi connectivity index (χ1) is 7.20. The van der Waals surface area contributed by atoms with Crippen molar-refractivity contribution in [3.63, 3.8) is 0 Å². The van der Waals surface area contributed by atoms with Crippen molar-refractivity contribution in [1.82, 2.24) is 4.98 Å². The number of hydrogen-bond donors (Lipinski definition) is 1. The van der Waals surface area contributed by atoms with Crippen molar-refractivity contribution in [3.8, 4) is 17.0 Å². The topological polar surface area (TPSA) is 48.1 Å². The number of ether oxygens (including phenoxy) is 1. The SMILES string of the molecule is COc1ccc(-c2csc(N)n2)c(Cl)c1. The lowest BCUT2D eigenvalue weighted by Gasteiger charge is -2.03. The van der Waals surface area contributed by atoms with Gasteiger partial charge in [-0.05, 0) is 18.2 Å². The molecule has 0 spiro atoms. The highest BCUT2D eigenvalue weighted by Crippen LogP contribution is 2.32. The third kappa shape index (κ3) is 2.06. The van der Waals surface area contributed by atoms with E-state index >= 15 is 0 Å². The Morgan fingerprint density at radius 1 is 1.47 bits per heavy atom. The normalized spacial score (nSPS) is 10.3. The molecule has 15 heavy (non-hydrogen) atoms. The third-order valence-electron chi connectivity index (χ3n) is 1.97. The van der Waals surface area contributed by atoms with Crippen LogP contribution in [0.4, 0.5) is 5.13 Å². The second-order valence-corrected chi connectivity index (χ2v) is 4.21. The van der Waals surface area contributed by atoms with E-state index in [2.05, 4.69) is 4.98 Å². The van der Waals surface area contributed by atoms with Crippen molar-refractivity contribution in [1.29, 1.82) is 0 Å². The predicted molar refractivity (Wildman–Crippen MR) is 63.5 cm³/mol. The molecule has 0 amide bonds. The number of hydrogen-bond acceptors (Lipinski definition) is 4. The fraction of sp³-hybridized carbons (Fsp3) is 0.100. The van der Waals surface area contributed by atoms with Gasteiger partial charge in [-0.3, -0.25) is 0 Å². The third-order valence-corrected chi connectivity index (χ3v) is 2.96. The summed E-state index contributed by atoms with van der Waals surface area (Å²) in [6.45, 7) is 0.